The smallest absolute Gasteiger partial charge is 0.244 e. The first-order chi connectivity index (χ1) is 8.31. The molecule has 1 N–H and O–H groups in total. The van der Waals surface area contributed by atoms with E-state index >= 15 is 0 Å². The zero-order chi connectivity index (χ0) is 12.1. The first-order valence-electron chi connectivity index (χ1n) is 5.98. The van der Waals surface area contributed by atoms with Gasteiger partial charge in [-0.3, -0.25) is 4.79 Å². The van der Waals surface area contributed by atoms with E-state index in [1.54, 1.807) is 6.08 Å². The van der Waals surface area contributed by atoms with Crippen molar-refractivity contribution in [2.24, 2.45) is 0 Å². The Morgan fingerprint density at radius 1 is 1.53 bits per heavy atom. The van der Waals surface area contributed by atoms with Crippen LogP contribution in [0.3, 0.4) is 0 Å². The maximum atomic E-state index is 11.3. The molecular weight excluding hydrogens is 218 g/mol. The fourth-order valence-corrected chi connectivity index (χ4v) is 2.14. The van der Waals surface area contributed by atoms with Gasteiger partial charge >= 0.3 is 0 Å². The maximum absolute atomic E-state index is 11.3. The molecule has 1 aliphatic rings. The van der Waals surface area contributed by atoms with Crippen molar-refractivity contribution in [2.45, 2.75) is 45.2 Å². The standard InChI is InChI=1S/C11H17N5O/c1-2-5-11(17)12-8-10-13-14-15-16(10)9-6-3-4-7-9/h2,5,9H,3-4,6-8H2,1H3,(H,12,17)/b5-2-. The van der Waals surface area contributed by atoms with Crippen LogP contribution in [0.5, 0.6) is 0 Å². The molecule has 0 bridgehead atoms. The van der Waals surface area contributed by atoms with Gasteiger partial charge in [-0.05, 0) is 36.3 Å². The quantitative estimate of drug-likeness (QED) is 0.789. The molecule has 1 aliphatic carbocycles. The molecule has 6 nitrogen and oxygen atoms in total. The van der Waals surface area contributed by atoms with Crippen molar-refractivity contribution >= 4 is 5.91 Å². The highest BCUT2D eigenvalue weighted by Crippen LogP contribution is 2.28. The van der Waals surface area contributed by atoms with Crippen molar-refractivity contribution in [2.75, 3.05) is 0 Å². The summed E-state index contributed by atoms with van der Waals surface area (Å²) in [7, 11) is 0. The SMILES string of the molecule is C/C=C\C(=O)NCc1nnnn1C1CCCC1. The predicted molar refractivity (Wildman–Crippen MR) is 62.0 cm³/mol. The Kier molecular flexibility index (Phi) is 3.85. The van der Waals surface area contributed by atoms with Gasteiger partial charge in [0.2, 0.25) is 5.91 Å². The Morgan fingerprint density at radius 2 is 2.29 bits per heavy atom. The zero-order valence-corrected chi connectivity index (χ0v) is 9.96. The van der Waals surface area contributed by atoms with Gasteiger partial charge in [-0.1, -0.05) is 18.9 Å². The molecule has 0 spiro atoms. The number of carbonyl (C=O) groups is 1. The highest BCUT2D eigenvalue weighted by atomic mass is 16.1. The first-order valence-corrected chi connectivity index (χ1v) is 5.98. The van der Waals surface area contributed by atoms with E-state index in [0.717, 1.165) is 18.7 Å². The van der Waals surface area contributed by atoms with Crippen molar-refractivity contribution in [3.05, 3.63) is 18.0 Å². The molecule has 1 fully saturated rings. The third-order valence-corrected chi connectivity index (χ3v) is 2.97. The van der Waals surface area contributed by atoms with Gasteiger partial charge in [0.25, 0.3) is 0 Å². The van der Waals surface area contributed by atoms with Crippen LogP contribution in [0.2, 0.25) is 0 Å². The van der Waals surface area contributed by atoms with Gasteiger partial charge in [0.05, 0.1) is 12.6 Å². The third kappa shape index (κ3) is 2.89. The number of nitrogens with zero attached hydrogens (tertiary/aromatic N) is 4. The van der Waals surface area contributed by atoms with E-state index < -0.39 is 0 Å². The fraction of sp³-hybridized carbons (Fsp3) is 0.636. The maximum Gasteiger partial charge on any atom is 0.244 e. The van der Waals surface area contributed by atoms with E-state index in [1.807, 2.05) is 11.6 Å². The summed E-state index contributed by atoms with van der Waals surface area (Å²) >= 11 is 0. The summed E-state index contributed by atoms with van der Waals surface area (Å²) in [6.07, 6.45) is 7.91. The number of aromatic nitrogens is 4. The van der Waals surface area contributed by atoms with E-state index in [4.69, 9.17) is 0 Å². The van der Waals surface area contributed by atoms with E-state index in [9.17, 15) is 4.79 Å². The Hall–Kier alpha value is -1.72. The largest absolute Gasteiger partial charge is 0.345 e. The van der Waals surface area contributed by atoms with Crippen molar-refractivity contribution < 1.29 is 4.79 Å². The molecule has 0 aromatic carbocycles. The highest BCUT2D eigenvalue weighted by Gasteiger charge is 2.21. The molecule has 1 heterocycles. The molecule has 0 radical (unpaired) electrons. The van der Waals surface area contributed by atoms with Crippen molar-refractivity contribution in [1.82, 2.24) is 25.5 Å². The molecule has 0 atom stereocenters. The van der Waals surface area contributed by atoms with Crippen LogP contribution in [0.15, 0.2) is 12.2 Å². The second-order valence-electron chi connectivity index (χ2n) is 4.20. The number of carbonyl (C=O) groups excluding carboxylic acids is 1. The zero-order valence-electron chi connectivity index (χ0n) is 9.96. The van der Waals surface area contributed by atoms with E-state index in [0.29, 0.717) is 12.6 Å². The Balaban J connectivity index is 1.96. The predicted octanol–water partition coefficient (Wildman–Crippen LogP) is 0.980. The first kappa shape index (κ1) is 11.8. The minimum Gasteiger partial charge on any atom is -0.345 e. The lowest BCUT2D eigenvalue weighted by Gasteiger charge is -2.11. The number of hydrogen-bond acceptors (Lipinski definition) is 4. The molecule has 2 rings (SSSR count). The molecule has 1 saturated carbocycles. The Labute approximate surface area is 100 Å². The number of nitrogens with one attached hydrogen (secondary N) is 1. The summed E-state index contributed by atoms with van der Waals surface area (Å²) in [5.41, 5.74) is 0. The van der Waals surface area contributed by atoms with Gasteiger partial charge < -0.3 is 5.32 Å². The van der Waals surface area contributed by atoms with Crippen molar-refractivity contribution in [1.29, 1.82) is 0 Å². The molecular formula is C11H17N5O. The second kappa shape index (κ2) is 5.56. The minimum absolute atomic E-state index is 0.117. The van der Waals surface area contributed by atoms with Crippen LogP contribution in [0.4, 0.5) is 0 Å². The average Bonchev–Trinajstić information content (AvgIpc) is 2.97. The molecule has 92 valence electrons. The van der Waals surface area contributed by atoms with Crippen LogP contribution in [0.25, 0.3) is 0 Å². The third-order valence-electron chi connectivity index (χ3n) is 2.97. The van der Waals surface area contributed by atoms with Crippen LogP contribution in [-0.2, 0) is 11.3 Å². The van der Waals surface area contributed by atoms with Gasteiger partial charge in [0, 0.05) is 0 Å². The van der Waals surface area contributed by atoms with E-state index in [-0.39, 0.29) is 5.91 Å². The lowest BCUT2D eigenvalue weighted by molar-refractivity contribution is -0.116. The molecule has 1 aromatic rings. The normalized spacial score (nSPS) is 16.8. The number of hydrogen-bond donors (Lipinski definition) is 1. The molecule has 17 heavy (non-hydrogen) atoms. The summed E-state index contributed by atoms with van der Waals surface area (Å²) in [6.45, 7) is 2.19. The molecule has 0 unspecified atom stereocenters. The lowest BCUT2D eigenvalue weighted by Crippen LogP contribution is -2.24. The second-order valence-corrected chi connectivity index (χ2v) is 4.20. The molecule has 1 amide bonds. The number of allylic oxidation sites excluding steroid dienone is 1. The van der Waals surface area contributed by atoms with Crippen LogP contribution in [0, 0.1) is 0 Å². The van der Waals surface area contributed by atoms with Gasteiger partial charge in [-0.15, -0.1) is 5.10 Å². The number of tetrazole rings is 1. The van der Waals surface area contributed by atoms with Crippen molar-refractivity contribution in [3.63, 3.8) is 0 Å². The van der Waals surface area contributed by atoms with Gasteiger partial charge in [0.15, 0.2) is 5.82 Å². The number of rotatable bonds is 4. The molecule has 6 heteroatoms. The summed E-state index contributed by atoms with van der Waals surface area (Å²) in [6, 6.07) is 0.401. The summed E-state index contributed by atoms with van der Waals surface area (Å²) < 4.78 is 1.85. The average molecular weight is 235 g/mol. The topological polar surface area (TPSA) is 72.7 Å². The van der Waals surface area contributed by atoms with Crippen LogP contribution in [0.1, 0.15) is 44.5 Å². The van der Waals surface area contributed by atoms with E-state index in [1.165, 1.54) is 18.9 Å². The lowest BCUT2D eigenvalue weighted by atomic mass is 10.2. The molecule has 0 saturated heterocycles. The Morgan fingerprint density at radius 3 is 3.00 bits per heavy atom. The molecule has 0 aliphatic heterocycles. The minimum atomic E-state index is -0.117. The van der Waals surface area contributed by atoms with E-state index in [2.05, 4.69) is 20.8 Å². The fourth-order valence-electron chi connectivity index (χ4n) is 2.14. The number of amides is 1. The van der Waals surface area contributed by atoms with Crippen LogP contribution in [-0.4, -0.2) is 26.1 Å². The van der Waals surface area contributed by atoms with Crippen molar-refractivity contribution in [3.8, 4) is 0 Å². The summed E-state index contributed by atoms with van der Waals surface area (Å²) in [5, 5.41) is 14.4. The van der Waals surface area contributed by atoms with Crippen LogP contribution < -0.4 is 5.32 Å². The van der Waals surface area contributed by atoms with Gasteiger partial charge in [0.1, 0.15) is 0 Å². The van der Waals surface area contributed by atoms with Gasteiger partial charge in [-0.25, -0.2) is 4.68 Å². The van der Waals surface area contributed by atoms with Gasteiger partial charge in [-0.2, -0.15) is 0 Å². The summed E-state index contributed by atoms with van der Waals surface area (Å²) in [4.78, 5) is 11.3. The monoisotopic (exact) mass is 235 g/mol. The molecule has 1 aromatic heterocycles. The highest BCUT2D eigenvalue weighted by molar-refractivity contribution is 5.87. The summed E-state index contributed by atoms with van der Waals surface area (Å²) in [5.74, 6) is 0.614. The van der Waals surface area contributed by atoms with Crippen LogP contribution >= 0.6 is 0 Å². The Bertz CT molecular complexity index is 406.